The normalized spacial score (nSPS) is 10.6. The molecule has 3 heterocycles. The number of hydrogen-bond donors (Lipinski definition) is 1. The van der Waals surface area contributed by atoms with Gasteiger partial charge in [-0.2, -0.15) is 5.10 Å². The molecule has 4 aromatic rings. The molecule has 0 atom stereocenters. The highest BCUT2D eigenvalue weighted by Gasteiger charge is 2.19. The molecule has 0 aliphatic rings. The lowest BCUT2D eigenvalue weighted by molar-refractivity contribution is 0.0951. The molecular formula is C20H16N4OS. The maximum Gasteiger partial charge on any atom is 0.255 e. The zero-order chi connectivity index (χ0) is 17.8. The second-order valence-electron chi connectivity index (χ2n) is 5.69. The summed E-state index contributed by atoms with van der Waals surface area (Å²) >= 11 is 1.57. The highest BCUT2D eigenvalue weighted by atomic mass is 32.1. The van der Waals surface area contributed by atoms with Crippen LogP contribution in [0.2, 0.25) is 0 Å². The van der Waals surface area contributed by atoms with Gasteiger partial charge in [-0.1, -0.05) is 24.3 Å². The molecule has 0 fully saturated rings. The van der Waals surface area contributed by atoms with Crippen molar-refractivity contribution in [2.75, 3.05) is 0 Å². The quantitative estimate of drug-likeness (QED) is 0.587. The molecule has 0 aliphatic heterocycles. The lowest BCUT2D eigenvalue weighted by Crippen LogP contribution is -2.22. The van der Waals surface area contributed by atoms with E-state index in [4.69, 9.17) is 0 Å². The predicted octanol–water partition coefficient (Wildman–Crippen LogP) is 3.93. The molecule has 1 amide bonds. The van der Waals surface area contributed by atoms with Crippen molar-refractivity contribution >= 4 is 17.2 Å². The van der Waals surface area contributed by atoms with E-state index in [1.54, 1.807) is 34.6 Å². The van der Waals surface area contributed by atoms with E-state index in [1.165, 1.54) is 0 Å². The molecule has 1 aromatic carbocycles. The van der Waals surface area contributed by atoms with Gasteiger partial charge in [0, 0.05) is 25.1 Å². The number of nitrogens with one attached hydrogen (secondary N) is 1. The van der Waals surface area contributed by atoms with Crippen molar-refractivity contribution < 1.29 is 4.79 Å². The Bertz CT molecular complexity index is 995. The first-order valence-electron chi connectivity index (χ1n) is 8.17. The van der Waals surface area contributed by atoms with Crippen molar-refractivity contribution in [2.45, 2.75) is 6.54 Å². The summed E-state index contributed by atoms with van der Waals surface area (Å²) in [6.07, 6.45) is 5.21. The Morgan fingerprint density at radius 2 is 1.85 bits per heavy atom. The molecule has 3 aromatic heterocycles. The number of para-hydroxylation sites is 1. The van der Waals surface area contributed by atoms with Crippen molar-refractivity contribution in [1.29, 1.82) is 0 Å². The van der Waals surface area contributed by atoms with E-state index in [9.17, 15) is 4.79 Å². The molecule has 0 aliphatic carbocycles. The third-order valence-corrected chi connectivity index (χ3v) is 4.81. The fourth-order valence-electron chi connectivity index (χ4n) is 2.63. The van der Waals surface area contributed by atoms with Crippen LogP contribution in [0.4, 0.5) is 0 Å². The van der Waals surface area contributed by atoms with Crippen molar-refractivity contribution in [3.8, 4) is 16.3 Å². The number of nitrogens with zero attached hydrogens (tertiary/aromatic N) is 3. The Morgan fingerprint density at radius 3 is 2.58 bits per heavy atom. The Hall–Kier alpha value is -3.25. The van der Waals surface area contributed by atoms with Crippen LogP contribution in [0.3, 0.4) is 0 Å². The van der Waals surface area contributed by atoms with Gasteiger partial charge in [0.1, 0.15) is 5.69 Å². The fraction of sp³-hybridized carbons (Fsp3) is 0.0500. The third-order valence-electron chi connectivity index (χ3n) is 3.94. The molecule has 0 bridgehead atoms. The van der Waals surface area contributed by atoms with Gasteiger partial charge in [0.05, 0.1) is 16.1 Å². The Kier molecular flexibility index (Phi) is 4.57. The van der Waals surface area contributed by atoms with Gasteiger partial charge in [-0.25, -0.2) is 4.68 Å². The second-order valence-corrected chi connectivity index (χ2v) is 6.63. The van der Waals surface area contributed by atoms with Crippen molar-refractivity contribution in [1.82, 2.24) is 20.1 Å². The van der Waals surface area contributed by atoms with Crippen LogP contribution in [0.15, 0.2) is 78.6 Å². The van der Waals surface area contributed by atoms with Crippen LogP contribution in [0, 0.1) is 0 Å². The lowest BCUT2D eigenvalue weighted by Gasteiger charge is -2.04. The SMILES string of the molecule is O=C(NCc1ccncc1)c1cn(-c2ccccc2)nc1-c1cccs1. The highest BCUT2D eigenvalue weighted by molar-refractivity contribution is 7.13. The van der Waals surface area contributed by atoms with E-state index >= 15 is 0 Å². The molecule has 0 radical (unpaired) electrons. The molecule has 4 rings (SSSR count). The summed E-state index contributed by atoms with van der Waals surface area (Å²) in [6, 6.07) is 17.5. The number of rotatable bonds is 5. The van der Waals surface area contributed by atoms with Crippen molar-refractivity contribution in [2.24, 2.45) is 0 Å². The van der Waals surface area contributed by atoms with Gasteiger partial charge in [0.2, 0.25) is 0 Å². The number of thiophene rings is 1. The van der Waals surface area contributed by atoms with Crippen LogP contribution in [0.1, 0.15) is 15.9 Å². The summed E-state index contributed by atoms with van der Waals surface area (Å²) in [6.45, 7) is 0.446. The minimum absolute atomic E-state index is 0.146. The third kappa shape index (κ3) is 3.41. The van der Waals surface area contributed by atoms with E-state index < -0.39 is 0 Å². The molecular weight excluding hydrogens is 344 g/mol. The van der Waals surface area contributed by atoms with Crippen molar-refractivity contribution in [3.63, 3.8) is 0 Å². The summed E-state index contributed by atoms with van der Waals surface area (Å²) in [5.74, 6) is -0.146. The average molecular weight is 360 g/mol. The highest BCUT2D eigenvalue weighted by Crippen LogP contribution is 2.27. The van der Waals surface area contributed by atoms with Crippen LogP contribution in [-0.4, -0.2) is 20.7 Å². The minimum Gasteiger partial charge on any atom is -0.348 e. The first-order valence-corrected chi connectivity index (χ1v) is 9.05. The Balaban J connectivity index is 1.65. The number of amides is 1. The van der Waals surface area contributed by atoms with Gasteiger partial charge in [0.25, 0.3) is 5.91 Å². The van der Waals surface area contributed by atoms with Gasteiger partial charge in [0.15, 0.2) is 0 Å². The fourth-order valence-corrected chi connectivity index (χ4v) is 3.35. The van der Waals surface area contributed by atoms with E-state index in [0.717, 1.165) is 16.1 Å². The first-order chi connectivity index (χ1) is 12.8. The smallest absolute Gasteiger partial charge is 0.255 e. The molecule has 0 saturated carbocycles. The summed E-state index contributed by atoms with van der Waals surface area (Å²) < 4.78 is 1.75. The van der Waals surface area contributed by atoms with E-state index in [0.29, 0.717) is 17.8 Å². The van der Waals surface area contributed by atoms with Gasteiger partial charge in [-0.3, -0.25) is 9.78 Å². The van der Waals surface area contributed by atoms with E-state index in [2.05, 4.69) is 15.4 Å². The molecule has 0 saturated heterocycles. The summed E-state index contributed by atoms with van der Waals surface area (Å²) in [4.78, 5) is 17.8. The van der Waals surface area contributed by atoms with Crippen LogP contribution in [-0.2, 0) is 6.54 Å². The van der Waals surface area contributed by atoms with Gasteiger partial charge in [-0.15, -0.1) is 11.3 Å². The summed E-state index contributed by atoms with van der Waals surface area (Å²) in [5, 5.41) is 9.60. The van der Waals surface area contributed by atoms with E-state index in [1.807, 2.05) is 60.0 Å². The molecule has 0 spiro atoms. The van der Waals surface area contributed by atoms with Crippen LogP contribution in [0.5, 0.6) is 0 Å². The first kappa shape index (κ1) is 16.2. The number of carbonyl (C=O) groups excluding carboxylic acids is 1. The monoisotopic (exact) mass is 360 g/mol. The van der Waals surface area contributed by atoms with Crippen LogP contribution in [0.25, 0.3) is 16.3 Å². The number of hydrogen-bond acceptors (Lipinski definition) is 4. The van der Waals surface area contributed by atoms with Gasteiger partial charge < -0.3 is 5.32 Å². The second kappa shape index (κ2) is 7.33. The largest absolute Gasteiger partial charge is 0.348 e. The van der Waals surface area contributed by atoms with Crippen LogP contribution >= 0.6 is 11.3 Å². The number of carbonyl (C=O) groups is 1. The minimum atomic E-state index is -0.146. The maximum atomic E-state index is 12.8. The predicted molar refractivity (Wildman–Crippen MR) is 102 cm³/mol. The maximum absolute atomic E-state index is 12.8. The zero-order valence-corrected chi connectivity index (χ0v) is 14.7. The topological polar surface area (TPSA) is 59.8 Å². The molecule has 6 heteroatoms. The Morgan fingerprint density at radius 1 is 1.04 bits per heavy atom. The Labute approximate surface area is 155 Å². The number of pyridine rings is 1. The lowest BCUT2D eigenvalue weighted by atomic mass is 10.2. The van der Waals surface area contributed by atoms with Gasteiger partial charge >= 0.3 is 0 Å². The van der Waals surface area contributed by atoms with Crippen molar-refractivity contribution in [3.05, 3.63) is 89.7 Å². The number of benzene rings is 1. The molecule has 26 heavy (non-hydrogen) atoms. The molecule has 0 unspecified atom stereocenters. The average Bonchev–Trinajstić information content (AvgIpc) is 3.37. The molecule has 1 N–H and O–H groups in total. The standard InChI is InChI=1S/C20H16N4OS/c25-20(22-13-15-8-10-21-11-9-15)17-14-24(16-5-2-1-3-6-16)23-19(17)18-7-4-12-26-18/h1-12,14H,13H2,(H,22,25). The molecule has 5 nitrogen and oxygen atoms in total. The van der Waals surface area contributed by atoms with E-state index in [-0.39, 0.29) is 5.91 Å². The van der Waals surface area contributed by atoms with Crippen LogP contribution < -0.4 is 5.32 Å². The zero-order valence-electron chi connectivity index (χ0n) is 13.9. The molecule has 128 valence electrons. The summed E-state index contributed by atoms with van der Waals surface area (Å²) in [7, 11) is 0. The van der Waals surface area contributed by atoms with Gasteiger partial charge in [-0.05, 0) is 41.3 Å². The number of aromatic nitrogens is 3. The summed E-state index contributed by atoms with van der Waals surface area (Å²) in [5.41, 5.74) is 3.17.